The van der Waals surface area contributed by atoms with Gasteiger partial charge in [0.2, 0.25) is 16.9 Å². The Morgan fingerprint density at radius 1 is 1.13 bits per heavy atom. The first-order valence-electron chi connectivity index (χ1n) is 7.41. The first-order valence-corrected chi connectivity index (χ1v) is 8.23. The first kappa shape index (κ1) is 17.1. The Hall–Kier alpha value is -2.28. The molecular formula is C16H20N4O2S. The summed E-state index contributed by atoms with van der Waals surface area (Å²) in [6, 6.07) is 7.93. The Morgan fingerprint density at radius 3 is 2.48 bits per heavy atom. The molecule has 1 heterocycles. The van der Waals surface area contributed by atoms with Gasteiger partial charge in [0.15, 0.2) is 0 Å². The molecule has 6 nitrogen and oxygen atoms in total. The van der Waals surface area contributed by atoms with Crippen molar-refractivity contribution in [2.24, 2.45) is 5.92 Å². The van der Waals surface area contributed by atoms with Crippen molar-refractivity contribution in [3.63, 3.8) is 0 Å². The molecule has 122 valence electrons. The Bertz CT molecular complexity index is 680. The van der Waals surface area contributed by atoms with Crippen molar-refractivity contribution in [3.8, 4) is 10.6 Å². The van der Waals surface area contributed by atoms with Gasteiger partial charge in [-0.15, -0.1) is 10.2 Å². The molecule has 0 bridgehead atoms. The van der Waals surface area contributed by atoms with Crippen LogP contribution in [0.25, 0.3) is 10.6 Å². The molecule has 0 saturated heterocycles. The van der Waals surface area contributed by atoms with Gasteiger partial charge in [-0.3, -0.25) is 14.9 Å². The summed E-state index contributed by atoms with van der Waals surface area (Å²) in [6.45, 7) is 5.86. The van der Waals surface area contributed by atoms with Crippen LogP contribution in [0.15, 0.2) is 24.3 Å². The number of hydrogen-bond donors (Lipinski definition) is 2. The summed E-state index contributed by atoms with van der Waals surface area (Å²) in [5.74, 6) is -0.181. The van der Waals surface area contributed by atoms with Crippen LogP contribution in [0.5, 0.6) is 0 Å². The number of anilines is 1. The summed E-state index contributed by atoms with van der Waals surface area (Å²) in [7, 11) is 0. The van der Waals surface area contributed by atoms with Crippen LogP contribution in [-0.4, -0.2) is 28.6 Å². The molecule has 23 heavy (non-hydrogen) atoms. The number of carbonyl (C=O) groups is 2. The molecule has 0 saturated carbocycles. The topological polar surface area (TPSA) is 84.0 Å². The standard InChI is InChI=1S/C16H20N4O2S/c1-10(2)8-13(21)17-9-14(22)18-16-20-19-15(23-16)12-6-4-11(3)5-7-12/h4-7,10H,8-9H2,1-3H3,(H,17,21)(H,18,20,22). The number of aromatic nitrogens is 2. The minimum atomic E-state index is -0.311. The number of nitrogens with zero attached hydrogens (tertiary/aromatic N) is 2. The van der Waals surface area contributed by atoms with Crippen LogP contribution in [0.4, 0.5) is 5.13 Å². The van der Waals surface area contributed by atoms with E-state index in [1.54, 1.807) is 0 Å². The maximum Gasteiger partial charge on any atom is 0.245 e. The highest BCUT2D eigenvalue weighted by atomic mass is 32.1. The molecule has 0 unspecified atom stereocenters. The summed E-state index contributed by atoms with van der Waals surface area (Å²) >= 11 is 1.30. The molecule has 0 aliphatic rings. The van der Waals surface area contributed by atoms with Gasteiger partial charge in [0.1, 0.15) is 5.01 Å². The third kappa shape index (κ3) is 5.45. The molecule has 0 fully saturated rings. The molecule has 2 N–H and O–H groups in total. The lowest BCUT2D eigenvalue weighted by Crippen LogP contribution is -2.33. The zero-order valence-electron chi connectivity index (χ0n) is 13.4. The maximum atomic E-state index is 11.8. The normalized spacial score (nSPS) is 10.6. The molecule has 0 aliphatic carbocycles. The molecule has 7 heteroatoms. The molecule has 1 aromatic heterocycles. The molecule has 2 amide bonds. The second-order valence-electron chi connectivity index (χ2n) is 5.70. The maximum absolute atomic E-state index is 11.8. The van der Waals surface area contributed by atoms with Crippen LogP contribution in [0.2, 0.25) is 0 Å². The highest BCUT2D eigenvalue weighted by Crippen LogP contribution is 2.26. The molecule has 1 aromatic carbocycles. The van der Waals surface area contributed by atoms with E-state index in [1.165, 1.54) is 16.9 Å². The fraction of sp³-hybridized carbons (Fsp3) is 0.375. The number of amides is 2. The van der Waals surface area contributed by atoms with E-state index in [0.717, 1.165) is 10.6 Å². The summed E-state index contributed by atoms with van der Waals surface area (Å²) in [5.41, 5.74) is 2.13. The Morgan fingerprint density at radius 2 is 1.83 bits per heavy atom. The van der Waals surface area contributed by atoms with Gasteiger partial charge in [0.05, 0.1) is 6.54 Å². The summed E-state index contributed by atoms with van der Waals surface area (Å²) < 4.78 is 0. The third-order valence-electron chi connectivity index (χ3n) is 3.01. The first-order chi connectivity index (χ1) is 10.9. The van der Waals surface area contributed by atoms with Crippen molar-refractivity contribution in [3.05, 3.63) is 29.8 Å². The molecule has 0 radical (unpaired) electrons. The predicted octanol–water partition coefficient (Wildman–Crippen LogP) is 2.61. The van der Waals surface area contributed by atoms with E-state index >= 15 is 0 Å². The number of nitrogens with one attached hydrogen (secondary N) is 2. The van der Waals surface area contributed by atoms with Gasteiger partial charge >= 0.3 is 0 Å². The zero-order chi connectivity index (χ0) is 16.8. The van der Waals surface area contributed by atoms with Crippen LogP contribution in [0.1, 0.15) is 25.8 Å². The monoisotopic (exact) mass is 332 g/mol. The lowest BCUT2D eigenvalue weighted by Gasteiger charge is -2.06. The van der Waals surface area contributed by atoms with Crippen molar-refractivity contribution >= 4 is 28.3 Å². The van der Waals surface area contributed by atoms with E-state index in [0.29, 0.717) is 11.6 Å². The van der Waals surface area contributed by atoms with E-state index < -0.39 is 0 Å². The van der Waals surface area contributed by atoms with E-state index in [1.807, 2.05) is 45.0 Å². The smallest absolute Gasteiger partial charge is 0.245 e. The van der Waals surface area contributed by atoms with Crippen molar-refractivity contribution in [1.82, 2.24) is 15.5 Å². The molecule has 2 aromatic rings. The SMILES string of the molecule is Cc1ccc(-c2nnc(NC(=O)CNC(=O)CC(C)C)s2)cc1. The van der Waals surface area contributed by atoms with Crippen LogP contribution < -0.4 is 10.6 Å². The molecule has 2 rings (SSSR count). The Kier molecular flexibility index (Phi) is 5.81. The summed E-state index contributed by atoms with van der Waals surface area (Å²) in [6.07, 6.45) is 0.406. The van der Waals surface area contributed by atoms with Crippen molar-refractivity contribution in [2.45, 2.75) is 27.2 Å². The Balaban J connectivity index is 1.87. The van der Waals surface area contributed by atoms with Gasteiger partial charge in [0.25, 0.3) is 0 Å². The van der Waals surface area contributed by atoms with Crippen LogP contribution in [-0.2, 0) is 9.59 Å². The molecule has 0 atom stereocenters. The van der Waals surface area contributed by atoms with Crippen molar-refractivity contribution in [1.29, 1.82) is 0 Å². The molecule has 0 aliphatic heterocycles. The molecular weight excluding hydrogens is 312 g/mol. The predicted molar refractivity (Wildman–Crippen MR) is 91.2 cm³/mol. The second kappa shape index (κ2) is 7.82. The van der Waals surface area contributed by atoms with Gasteiger partial charge in [-0.25, -0.2) is 0 Å². The van der Waals surface area contributed by atoms with E-state index in [4.69, 9.17) is 0 Å². The highest BCUT2D eigenvalue weighted by molar-refractivity contribution is 7.18. The van der Waals surface area contributed by atoms with Crippen molar-refractivity contribution in [2.75, 3.05) is 11.9 Å². The number of hydrogen-bond acceptors (Lipinski definition) is 5. The number of rotatable bonds is 6. The van der Waals surface area contributed by atoms with Gasteiger partial charge in [0, 0.05) is 12.0 Å². The lowest BCUT2D eigenvalue weighted by molar-refractivity contribution is -0.124. The van der Waals surface area contributed by atoms with Gasteiger partial charge in [-0.1, -0.05) is 55.0 Å². The fourth-order valence-electron chi connectivity index (χ4n) is 1.87. The lowest BCUT2D eigenvalue weighted by atomic mass is 10.1. The van der Waals surface area contributed by atoms with Crippen LogP contribution in [0, 0.1) is 12.8 Å². The van der Waals surface area contributed by atoms with Crippen LogP contribution >= 0.6 is 11.3 Å². The minimum absolute atomic E-state index is 0.0645. The largest absolute Gasteiger partial charge is 0.347 e. The average molecular weight is 332 g/mol. The van der Waals surface area contributed by atoms with E-state index in [9.17, 15) is 9.59 Å². The quantitative estimate of drug-likeness (QED) is 0.851. The van der Waals surface area contributed by atoms with E-state index in [-0.39, 0.29) is 24.3 Å². The van der Waals surface area contributed by atoms with Gasteiger partial charge in [-0.2, -0.15) is 0 Å². The van der Waals surface area contributed by atoms with Crippen molar-refractivity contribution < 1.29 is 9.59 Å². The molecule has 0 spiro atoms. The van der Waals surface area contributed by atoms with E-state index in [2.05, 4.69) is 20.8 Å². The zero-order valence-corrected chi connectivity index (χ0v) is 14.2. The Labute approximate surface area is 139 Å². The number of aryl methyl sites for hydroxylation is 1. The van der Waals surface area contributed by atoms with Crippen LogP contribution in [0.3, 0.4) is 0 Å². The second-order valence-corrected chi connectivity index (χ2v) is 6.68. The highest BCUT2D eigenvalue weighted by Gasteiger charge is 2.11. The third-order valence-corrected chi connectivity index (χ3v) is 3.90. The average Bonchev–Trinajstić information content (AvgIpc) is 2.93. The fourth-order valence-corrected chi connectivity index (χ4v) is 2.64. The van der Waals surface area contributed by atoms with Gasteiger partial charge < -0.3 is 5.32 Å². The number of benzene rings is 1. The summed E-state index contributed by atoms with van der Waals surface area (Å²) in [5, 5.41) is 14.4. The number of carbonyl (C=O) groups excluding carboxylic acids is 2. The summed E-state index contributed by atoms with van der Waals surface area (Å²) in [4.78, 5) is 23.3. The van der Waals surface area contributed by atoms with Gasteiger partial charge in [-0.05, 0) is 12.8 Å². The minimum Gasteiger partial charge on any atom is -0.347 e.